The minimum atomic E-state index is -0.831. The van der Waals surface area contributed by atoms with Crippen molar-refractivity contribution in [3.8, 4) is 0 Å². The molecule has 0 fully saturated rings. The van der Waals surface area contributed by atoms with Crippen LogP contribution in [0.15, 0.2) is 11.2 Å². The molecule has 0 saturated carbocycles. The van der Waals surface area contributed by atoms with Crippen LogP contribution in [0.25, 0.3) is 0 Å². The van der Waals surface area contributed by atoms with Crippen molar-refractivity contribution in [2.75, 3.05) is 5.32 Å². The molecule has 0 spiro atoms. The third kappa shape index (κ3) is 1.23. The molecule has 11 heavy (non-hydrogen) atoms. The van der Waals surface area contributed by atoms with Crippen molar-refractivity contribution in [2.45, 2.75) is 4.33 Å². The van der Waals surface area contributed by atoms with Crippen molar-refractivity contribution >= 4 is 37.3 Å². The van der Waals surface area contributed by atoms with E-state index in [4.69, 9.17) is 0 Å². The van der Waals surface area contributed by atoms with E-state index in [1.54, 1.807) is 12.4 Å². The van der Waals surface area contributed by atoms with Crippen molar-refractivity contribution in [1.82, 2.24) is 10.2 Å². The molecule has 0 bridgehead atoms. The van der Waals surface area contributed by atoms with Crippen LogP contribution in [-0.2, 0) is 0 Å². The average Bonchev–Trinajstić information content (AvgIpc) is 2.31. The Bertz CT molecular complexity index is 303. The number of nitrogens with one attached hydrogen (secondary N) is 2. The number of aromatic nitrogens is 2. The van der Waals surface area contributed by atoms with Gasteiger partial charge in [-0.2, -0.15) is 5.10 Å². The number of hydrogen-bond donors (Lipinski definition) is 4. The van der Waals surface area contributed by atoms with Crippen LogP contribution in [0.3, 0.4) is 0 Å². The number of H-pyrrole nitrogens is 1. The zero-order chi connectivity index (χ0) is 7.90. The number of anilines is 1. The van der Waals surface area contributed by atoms with Crippen LogP contribution in [0.2, 0.25) is 0 Å². The molecule has 58 valence electrons. The molecule has 1 aliphatic rings. The minimum Gasteiger partial charge on any atom is -0.327 e. The molecular weight excluding hydrogens is 180 g/mol. The molecule has 2 N–H and O–H groups in total. The van der Waals surface area contributed by atoms with Crippen molar-refractivity contribution in [1.29, 1.82) is 0 Å². The van der Waals surface area contributed by atoms with E-state index >= 15 is 0 Å². The highest BCUT2D eigenvalue weighted by molar-refractivity contribution is 8.00. The van der Waals surface area contributed by atoms with Gasteiger partial charge in [-0.1, -0.05) is 0 Å². The first-order chi connectivity index (χ1) is 5.17. The Morgan fingerprint density at radius 3 is 3.09 bits per heavy atom. The standard InChI is InChI=1S/C5H6N4S2/c10-5(11)6-1-3-2-7-9-4(3)8-5/h1-2,10-11H,(H2,7,8,9). The second kappa shape index (κ2) is 2.18. The Labute approximate surface area is 74.3 Å². The van der Waals surface area contributed by atoms with E-state index in [0.717, 1.165) is 11.4 Å². The summed E-state index contributed by atoms with van der Waals surface area (Å²) in [5, 5.41) is 9.54. The molecule has 2 rings (SSSR count). The van der Waals surface area contributed by atoms with Crippen molar-refractivity contribution in [3.63, 3.8) is 0 Å². The van der Waals surface area contributed by atoms with E-state index in [2.05, 4.69) is 45.8 Å². The maximum Gasteiger partial charge on any atom is 0.221 e. The summed E-state index contributed by atoms with van der Waals surface area (Å²) in [4.78, 5) is 4.01. The third-order valence-corrected chi connectivity index (χ3v) is 1.79. The maximum atomic E-state index is 4.12. The van der Waals surface area contributed by atoms with Crippen LogP contribution in [0.4, 0.5) is 5.82 Å². The number of aliphatic imine (C=N–C) groups is 1. The van der Waals surface area contributed by atoms with Crippen LogP contribution in [-0.4, -0.2) is 20.7 Å². The molecule has 0 amide bonds. The van der Waals surface area contributed by atoms with E-state index in [0.29, 0.717) is 0 Å². The van der Waals surface area contributed by atoms with E-state index in [-0.39, 0.29) is 0 Å². The molecule has 0 aliphatic carbocycles. The maximum absolute atomic E-state index is 4.12. The first-order valence-corrected chi connectivity index (χ1v) is 3.89. The van der Waals surface area contributed by atoms with Gasteiger partial charge in [-0.3, -0.25) is 5.10 Å². The minimum absolute atomic E-state index is 0.727. The fraction of sp³-hybridized carbons (Fsp3) is 0.200. The predicted molar refractivity (Wildman–Crippen MR) is 50.5 cm³/mol. The smallest absolute Gasteiger partial charge is 0.221 e. The molecule has 1 aliphatic heterocycles. The molecule has 0 atom stereocenters. The van der Waals surface area contributed by atoms with Crippen LogP contribution in [0.5, 0.6) is 0 Å². The fourth-order valence-electron chi connectivity index (χ4n) is 0.848. The largest absolute Gasteiger partial charge is 0.327 e. The van der Waals surface area contributed by atoms with Gasteiger partial charge in [0.15, 0.2) is 5.82 Å². The van der Waals surface area contributed by atoms with E-state index in [1.807, 2.05) is 0 Å². The molecule has 0 saturated heterocycles. The van der Waals surface area contributed by atoms with Gasteiger partial charge in [-0.05, 0) is 0 Å². The van der Waals surface area contributed by atoms with Gasteiger partial charge in [0.25, 0.3) is 0 Å². The lowest BCUT2D eigenvalue weighted by atomic mass is 10.3. The molecule has 4 nitrogen and oxygen atoms in total. The lowest BCUT2D eigenvalue weighted by Gasteiger charge is -2.22. The summed E-state index contributed by atoms with van der Waals surface area (Å²) in [6.07, 6.45) is 3.43. The summed E-state index contributed by atoms with van der Waals surface area (Å²) < 4.78 is -0.831. The van der Waals surface area contributed by atoms with Gasteiger partial charge in [0.05, 0.1) is 5.56 Å². The normalized spacial score (nSPS) is 19.1. The molecule has 6 heteroatoms. The van der Waals surface area contributed by atoms with Gasteiger partial charge < -0.3 is 5.32 Å². The van der Waals surface area contributed by atoms with Crippen LogP contribution in [0, 0.1) is 0 Å². The lowest BCUT2D eigenvalue weighted by Crippen LogP contribution is -2.26. The monoisotopic (exact) mass is 186 g/mol. The van der Waals surface area contributed by atoms with Crippen LogP contribution in [0.1, 0.15) is 5.56 Å². The van der Waals surface area contributed by atoms with Gasteiger partial charge in [-0.25, -0.2) is 4.99 Å². The molecule has 0 unspecified atom stereocenters. The molecule has 2 heterocycles. The van der Waals surface area contributed by atoms with E-state index < -0.39 is 4.33 Å². The van der Waals surface area contributed by atoms with Gasteiger partial charge in [-0.15, -0.1) is 25.3 Å². The van der Waals surface area contributed by atoms with Crippen LogP contribution < -0.4 is 5.32 Å². The summed E-state index contributed by atoms with van der Waals surface area (Å²) in [6, 6.07) is 0. The number of aromatic amines is 1. The zero-order valence-corrected chi connectivity index (χ0v) is 7.23. The summed E-state index contributed by atoms with van der Waals surface area (Å²) >= 11 is 8.24. The molecule has 0 radical (unpaired) electrons. The second-order valence-electron chi connectivity index (χ2n) is 2.21. The molecule has 0 aromatic carbocycles. The average molecular weight is 186 g/mol. The number of hydrogen-bond acceptors (Lipinski definition) is 5. The number of nitrogens with zero attached hydrogens (tertiary/aromatic N) is 2. The first kappa shape index (κ1) is 7.05. The first-order valence-electron chi connectivity index (χ1n) is 2.99. The van der Waals surface area contributed by atoms with Crippen molar-refractivity contribution in [3.05, 3.63) is 11.8 Å². The number of thiol groups is 2. The third-order valence-electron chi connectivity index (χ3n) is 1.34. The topological polar surface area (TPSA) is 53.1 Å². The fourth-order valence-corrected chi connectivity index (χ4v) is 1.18. The number of fused-ring (bicyclic) bond motifs is 1. The number of rotatable bonds is 0. The molecule has 1 aromatic rings. The van der Waals surface area contributed by atoms with E-state index in [9.17, 15) is 0 Å². The highest BCUT2D eigenvalue weighted by Gasteiger charge is 2.23. The van der Waals surface area contributed by atoms with Crippen molar-refractivity contribution < 1.29 is 0 Å². The quantitative estimate of drug-likeness (QED) is 0.356. The summed E-state index contributed by atoms with van der Waals surface area (Å²) in [5.41, 5.74) is 0.920. The van der Waals surface area contributed by atoms with Gasteiger partial charge in [0, 0.05) is 12.4 Å². The summed E-state index contributed by atoms with van der Waals surface area (Å²) in [6.45, 7) is 0. The zero-order valence-electron chi connectivity index (χ0n) is 5.44. The Morgan fingerprint density at radius 1 is 1.45 bits per heavy atom. The lowest BCUT2D eigenvalue weighted by molar-refractivity contribution is 0.966. The van der Waals surface area contributed by atoms with Gasteiger partial charge >= 0.3 is 0 Å². The Hall–Kier alpha value is -0.620. The summed E-state index contributed by atoms with van der Waals surface area (Å²) in [7, 11) is 0. The Morgan fingerprint density at radius 2 is 2.27 bits per heavy atom. The Balaban J connectivity index is 2.44. The van der Waals surface area contributed by atoms with Crippen LogP contribution >= 0.6 is 25.3 Å². The van der Waals surface area contributed by atoms with Crippen molar-refractivity contribution in [2.24, 2.45) is 4.99 Å². The SMILES string of the molecule is SC1(S)N=Cc2c[nH]nc2N1. The second-order valence-corrected chi connectivity index (χ2v) is 3.86. The Kier molecular flexibility index (Phi) is 1.40. The van der Waals surface area contributed by atoms with Gasteiger partial charge in [0.2, 0.25) is 4.33 Å². The molecule has 1 aromatic heterocycles. The molecular formula is C5H6N4S2. The highest BCUT2D eigenvalue weighted by atomic mass is 32.2. The van der Waals surface area contributed by atoms with E-state index in [1.165, 1.54) is 0 Å². The predicted octanol–water partition coefficient (Wildman–Crippen LogP) is 0.725. The highest BCUT2D eigenvalue weighted by Crippen LogP contribution is 2.28. The van der Waals surface area contributed by atoms with Gasteiger partial charge in [0.1, 0.15) is 0 Å². The summed E-state index contributed by atoms with van der Waals surface area (Å²) in [5.74, 6) is 0.727.